The number of carbonyl (C=O) groups is 4. The number of benzene rings is 1. The van der Waals surface area contributed by atoms with Gasteiger partial charge >= 0.3 is 23.9 Å². The normalized spacial score (nSPS) is 12.6. The van der Waals surface area contributed by atoms with Gasteiger partial charge < -0.3 is 24.6 Å². The first kappa shape index (κ1) is 30.1. The number of hydrogen-bond donors (Lipinski definition) is 2. The zero-order chi connectivity index (χ0) is 26.4. The summed E-state index contributed by atoms with van der Waals surface area (Å²) in [5, 5.41) is 12.6. The van der Waals surface area contributed by atoms with Crippen LogP contribution in [-0.2, 0) is 30.3 Å². The van der Waals surface area contributed by atoms with Crippen LogP contribution < -0.4 is 14.8 Å². The maximum atomic E-state index is 12.1. The summed E-state index contributed by atoms with van der Waals surface area (Å²) in [6, 6.07) is 3.66. The van der Waals surface area contributed by atoms with Crippen molar-refractivity contribution in [3.8, 4) is 11.5 Å². The largest absolute Gasteiger partial charge is 0.480 e. The average molecular weight is 494 g/mol. The summed E-state index contributed by atoms with van der Waals surface area (Å²) in [4.78, 5) is 47.7. The molecule has 0 saturated carbocycles. The summed E-state index contributed by atoms with van der Waals surface area (Å²) in [6.45, 7) is 9.59. The summed E-state index contributed by atoms with van der Waals surface area (Å²) in [5.41, 5.74) is 0.570. The van der Waals surface area contributed by atoms with E-state index in [1.807, 2.05) is 27.7 Å². The zero-order valence-electron chi connectivity index (χ0n) is 21.4. The minimum absolute atomic E-state index is 0.0713. The van der Waals surface area contributed by atoms with Gasteiger partial charge in [0.05, 0.1) is 0 Å². The Kier molecular flexibility index (Phi) is 13.6. The van der Waals surface area contributed by atoms with Gasteiger partial charge in [-0.2, -0.15) is 0 Å². The summed E-state index contributed by atoms with van der Waals surface area (Å²) in [7, 11) is 0. The number of carboxylic acids is 1. The zero-order valence-corrected chi connectivity index (χ0v) is 21.4. The van der Waals surface area contributed by atoms with E-state index in [1.165, 1.54) is 12.1 Å². The molecule has 0 aliphatic rings. The maximum Gasteiger partial charge on any atom is 0.321 e. The number of aliphatic carboxylic acids is 1. The van der Waals surface area contributed by atoms with Gasteiger partial charge in [-0.1, -0.05) is 33.8 Å². The molecule has 0 aliphatic carbocycles. The molecule has 0 fully saturated rings. The number of carboxylic acid groups (broad SMARTS) is 1. The van der Waals surface area contributed by atoms with Crippen molar-refractivity contribution in [1.29, 1.82) is 0 Å². The van der Waals surface area contributed by atoms with Crippen LogP contribution in [0.3, 0.4) is 0 Å². The van der Waals surface area contributed by atoms with Crippen LogP contribution in [0.5, 0.6) is 11.5 Å². The first-order valence-electron chi connectivity index (χ1n) is 12.3. The molecule has 0 bridgehead atoms. The van der Waals surface area contributed by atoms with Crippen LogP contribution in [0.1, 0.15) is 78.7 Å². The van der Waals surface area contributed by atoms with Crippen molar-refractivity contribution in [3.05, 3.63) is 23.8 Å². The van der Waals surface area contributed by atoms with Gasteiger partial charge in [0.1, 0.15) is 12.1 Å². The first-order chi connectivity index (χ1) is 16.5. The predicted octanol–water partition coefficient (Wildman–Crippen LogP) is 4.05. The van der Waals surface area contributed by atoms with Gasteiger partial charge in [-0.05, 0) is 56.2 Å². The van der Waals surface area contributed by atoms with E-state index in [4.69, 9.17) is 14.2 Å². The highest BCUT2D eigenvalue weighted by atomic mass is 16.6. The molecule has 2 atom stereocenters. The predicted molar refractivity (Wildman–Crippen MR) is 130 cm³/mol. The van der Waals surface area contributed by atoms with Gasteiger partial charge in [0.25, 0.3) is 0 Å². The molecule has 1 aromatic carbocycles. The quantitative estimate of drug-likeness (QED) is 0.259. The summed E-state index contributed by atoms with van der Waals surface area (Å²) in [6.07, 6.45) is 2.24. The Morgan fingerprint density at radius 3 is 2.03 bits per heavy atom. The summed E-state index contributed by atoms with van der Waals surface area (Å²) in [5.74, 6) is -1.74. The molecule has 2 N–H and O–H groups in total. The Bertz CT molecular complexity index is 852. The first-order valence-corrected chi connectivity index (χ1v) is 12.3. The molecule has 0 amide bonds. The third-order valence-corrected chi connectivity index (χ3v) is 5.01. The fourth-order valence-corrected chi connectivity index (χ4v) is 3.12. The van der Waals surface area contributed by atoms with Crippen molar-refractivity contribution in [2.45, 2.75) is 91.7 Å². The fourth-order valence-electron chi connectivity index (χ4n) is 3.12. The number of hydrogen-bond acceptors (Lipinski definition) is 8. The van der Waals surface area contributed by atoms with Crippen LogP contribution in [0.4, 0.5) is 0 Å². The Labute approximate surface area is 207 Å². The number of nitrogens with one attached hydrogen (secondary N) is 1. The van der Waals surface area contributed by atoms with Crippen LogP contribution >= 0.6 is 0 Å². The second kappa shape index (κ2) is 15.9. The van der Waals surface area contributed by atoms with Crippen molar-refractivity contribution in [2.24, 2.45) is 5.92 Å². The lowest BCUT2D eigenvalue weighted by atomic mass is 10.0. The van der Waals surface area contributed by atoms with E-state index in [2.05, 4.69) is 5.32 Å². The van der Waals surface area contributed by atoms with Crippen molar-refractivity contribution in [2.75, 3.05) is 6.54 Å². The third kappa shape index (κ3) is 12.4. The highest BCUT2D eigenvalue weighted by Gasteiger charge is 2.21. The van der Waals surface area contributed by atoms with E-state index in [1.54, 1.807) is 13.0 Å². The van der Waals surface area contributed by atoms with Crippen LogP contribution in [0.15, 0.2) is 18.2 Å². The monoisotopic (exact) mass is 493 g/mol. The van der Waals surface area contributed by atoms with Gasteiger partial charge in [-0.25, -0.2) is 0 Å². The number of rotatable bonds is 16. The van der Waals surface area contributed by atoms with E-state index in [0.717, 1.165) is 6.42 Å². The lowest BCUT2D eigenvalue weighted by Gasteiger charge is -2.19. The van der Waals surface area contributed by atoms with Gasteiger partial charge in [0, 0.05) is 25.8 Å². The second-order valence-electron chi connectivity index (χ2n) is 8.97. The van der Waals surface area contributed by atoms with E-state index in [0.29, 0.717) is 30.7 Å². The van der Waals surface area contributed by atoms with E-state index >= 15 is 0 Å². The Morgan fingerprint density at radius 1 is 0.886 bits per heavy atom. The molecule has 0 spiro atoms. The number of carbonyl (C=O) groups excluding carboxylic acids is 3. The van der Waals surface area contributed by atoms with E-state index in [-0.39, 0.29) is 43.3 Å². The Hall–Kier alpha value is -2.94. The van der Waals surface area contributed by atoms with Crippen molar-refractivity contribution >= 4 is 23.9 Å². The molecule has 35 heavy (non-hydrogen) atoms. The van der Waals surface area contributed by atoms with Crippen LogP contribution in [0, 0.1) is 5.92 Å². The molecule has 0 heterocycles. The second-order valence-corrected chi connectivity index (χ2v) is 8.97. The van der Waals surface area contributed by atoms with Crippen LogP contribution in [0.25, 0.3) is 0 Å². The number of ether oxygens (including phenoxy) is 3. The van der Waals surface area contributed by atoms with Crippen molar-refractivity contribution in [3.63, 3.8) is 0 Å². The Balaban J connectivity index is 2.88. The van der Waals surface area contributed by atoms with Gasteiger partial charge in [-0.15, -0.1) is 0 Å². The molecule has 196 valence electrons. The SMILES string of the molecule is CCCC(=O)Oc1ccc(C[C@H](NCC(C)OC(=O)CCC(C)C)C(=O)O)cc1OC(=O)CCC. The molecular weight excluding hydrogens is 454 g/mol. The van der Waals surface area contributed by atoms with Gasteiger partial charge in [-0.3, -0.25) is 19.2 Å². The van der Waals surface area contributed by atoms with Crippen LogP contribution in [0.2, 0.25) is 0 Å². The molecule has 0 aliphatic heterocycles. The minimum Gasteiger partial charge on any atom is -0.480 e. The number of esters is 3. The molecule has 9 heteroatoms. The Morgan fingerprint density at radius 2 is 1.49 bits per heavy atom. The molecule has 0 aromatic heterocycles. The average Bonchev–Trinajstić information content (AvgIpc) is 2.77. The topological polar surface area (TPSA) is 128 Å². The maximum absolute atomic E-state index is 12.1. The van der Waals surface area contributed by atoms with Crippen LogP contribution in [-0.4, -0.2) is 47.7 Å². The molecule has 9 nitrogen and oxygen atoms in total. The van der Waals surface area contributed by atoms with Crippen molar-refractivity contribution < 1.29 is 38.5 Å². The smallest absolute Gasteiger partial charge is 0.321 e. The molecule has 0 radical (unpaired) electrons. The molecule has 1 unspecified atom stereocenters. The van der Waals surface area contributed by atoms with E-state index < -0.39 is 30.1 Å². The molecule has 1 aromatic rings. The van der Waals surface area contributed by atoms with Crippen molar-refractivity contribution in [1.82, 2.24) is 5.32 Å². The van der Waals surface area contributed by atoms with Gasteiger partial charge in [0.15, 0.2) is 11.5 Å². The molecule has 1 rings (SSSR count). The molecular formula is C26H39NO8. The highest BCUT2D eigenvalue weighted by molar-refractivity contribution is 5.77. The fraction of sp³-hybridized carbons (Fsp3) is 0.615. The van der Waals surface area contributed by atoms with E-state index in [9.17, 15) is 24.3 Å². The molecule has 0 saturated heterocycles. The third-order valence-electron chi connectivity index (χ3n) is 5.01. The lowest BCUT2D eigenvalue weighted by molar-refractivity contribution is -0.148. The minimum atomic E-state index is -1.08. The standard InChI is InChI=1S/C26H39NO8/c1-6-8-23(28)34-21-12-11-19(15-22(21)35-24(29)9-7-2)14-20(26(31)32)27-16-18(5)33-25(30)13-10-17(3)4/h11-12,15,17-18,20,27H,6-10,13-14,16H2,1-5H3,(H,31,32)/t18?,20-/m0/s1. The summed E-state index contributed by atoms with van der Waals surface area (Å²) < 4.78 is 16.1. The summed E-state index contributed by atoms with van der Waals surface area (Å²) >= 11 is 0. The highest BCUT2D eigenvalue weighted by Crippen LogP contribution is 2.30. The van der Waals surface area contributed by atoms with Gasteiger partial charge in [0.2, 0.25) is 0 Å². The lowest BCUT2D eigenvalue weighted by Crippen LogP contribution is -2.42.